The summed E-state index contributed by atoms with van der Waals surface area (Å²) in [5.74, 6) is 0.492. The van der Waals surface area contributed by atoms with Crippen LogP contribution < -0.4 is 10.2 Å². The van der Waals surface area contributed by atoms with Gasteiger partial charge >= 0.3 is 0 Å². The smallest absolute Gasteiger partial charge is 0.277 e. The number of hydrogen-bond acceptors (Lipinski definition) is 3. The molecule has 1 amide bonds. The maximum Gasteiger partial charge on any atom is 0.277 e. The Balaban J connectivity index is 1.93. The molecule has 0 aromatic heterocycles. The molecule has 0 saturated carbocycles. The van der Waals surface area contributed by atoms with Crippen LogP contribution in [0, 0.1) is 5.92 Å². The van der Waals surface area contributed by atoms with Gasteiger partial charge in [-0.1, -0.05) is 62.4 Å². The van der Waals surface area contributed by atoms with Crippen LogP contribution in [0.25, 0.3) is 0 Å². The summed E-state index contributed by atoms with van der Waals surface area (Å²) in [6.45, 7) is 5.81. The molecular weight excluding hydrogens is 334 g/mol. The van der Waals surface area contributed by atoms with Gasteiger partial charge in [0.1, 0.15) is 5.71 Å². The first kappa shape index (κ1) is 17.5. The van der Waals surface area contributed by atoms with Crippen molar-refractivity contribution in [1.82, 2.24) is 5.32 Å². The average Bonchev–Trinajstić information content (AvgIpc) is 2.82. The van der Waals surface area contributed by atoms with Crippen molar-refractivity contribution in [3.63, 3.8) is 0 Å². The van der Waals surface area contributed by atoms with E-state index in [2.05, 4.69) is 36.3 Å². The van der Waals surface area contributed by atoms with Crippen molar-refractivity contribution in [3.05, 3.63) is 77.5 Å². The predicted molar refractivity (Wildman–Crippen MR) is 110 cm³/mol. The minimum atomic E-state index is -0.154. The Bertz CT molecular complexity index is 884. The molecule has 1 N–H and O–H groups in total. The molecule has 0 aliphatic carbocycles. The van der Waals surface area contributed by atoms with E-state index in [1.54, 1.807) is 0 Å². The summed E-state index contributed by atoms with van der Waals surface area (Å²) in [6, 6.07) is 20.0. The highest BCUT2D eigenvalue weighted by molar-refractivity contribution is 6.53. The highest BCUT2D eigenvalue weighted by atomic mass is 16.2. The Labute approximate surface area is 160 Å². The van der Waals surface area contributed by atoms with Gasteiger partial charge in [0.05, 0.1) is 12.6 Å². The number of amides is 1. The number of rotatable bonds is 4. The number of anilines is 1. The number of hydrogen-bond donors (Lipinski definition) is 1. The Hall–Kier alpha value is -2.88. The molecule has 4 heteroatoms. The molecule has 2 heterocycles. The predicted octanol–water partition coefficient (Wildman–Crippen LogP) is 4.12. The summed E-state index contributed by atoms with van der Waals surface area (Å²) in [5, 5.41) is 3.56. The highest BCUT2D eigenvalue weighted by Crippen LogP contribution is 2.42. The molecule has 1 atom stereocenters. The van der Waals surface area contributed by atoms with Crippen LogP contribution in [-0.4, -0.2) is 24.7 Å². The van der Waals surface area contributed by atoms with Crippen LogP contribution in [0.5, 0.6) is 0 Å². The van der Waals surface area contributed by atoms with Crippen molar-refractivity contribution in [2.45, 2.75) is 26.3 Å². The molecule has 0 bridgehead atoms. The number of carbonyl (C=O) groups is 1. The van der Waals surface area contributed by atoms with Gasteiger partial charge < -0.3 is 5.32 Å². The van der Waals surface area contributed by atoms with Crippen molar-refractivity contribution in [2.24, 2.45) is 10.9 Å². The van der Waals surface area contributed by atoms with E-state index in [9.17, 15) is 4.79 Å². The Morgan fingerprint density at radius 2 is 1.74 bits per heavy atom. The van der Waals surface area contributed by atoms with Crippen LogP contribution in [0.4, 0.5) is 5.69 Å². The second-order valence-electron chi connectivity index (χ2n) is 7.47. The number of nitrogens with zero attached hydrogens (tertiary/aromatic N) is 2. The molecular formula is C23H25N3O. The van der Waals surface area contributed by atoms with Crippen molar-refractivity contribution in [1.29, 1.82) is 0 Å². The largest absolute Gasteiger partial charge is 0.386 e. The molecule has 2 aromatic carbocycles. The number of benzene rings is 2. The zero-order chi connectivity index (χ0) is 18.8. The van der Waals surface area contributed by atoms with E-state index in [-0.39, 0.29) is 11.9 Å². The van der Waals surface area contributed by atoms with Crippen LogP contribution in [-0.2, 0) is 4.79 Å². The Kier molecular flexibility index (Phi) is 4.80. The van der Waals surface area contributed by atoms with Crippen LogP contribution >= 0.6 is 0 Å². The van der Waals surface area contributed by atoms with Crippen molar-refractivity contribution >= 4 is 17.3 Å². The quantitative estimate of drug-likeness (QED) is 0.892. The van der Waals surface area contributed by atoms with Gasteiger partial charge in [-0.05, 0) is 30.0 Å². The SMILES string of the molecule is CC(C)CC1=C2C(=NCCN1)C(=O)N(c1ccccc1)C2c1ccccc1. The summed E-state index contributed by atoms with van der Waals surface area (Å²) < 4.78 is 0. The fourth-order valence-electron chi connectivity index (χ4n) is 3.93. The van der Waals surface area contributed by atoms with Crippen LogP contribution in [0.3, 0.4) is 0 Å². The minimum absolute atomic E-state index is 0.00462. The molecule has 0 spiro atoms. The van der Waals surface area contributed by atoms with Gasteiger partial charge in [-0.2, -0.15) is 0 Å². The van der Waals surface area contributed by atoms with Crippen molar-refractivity contribution in [2.75, 3.05) is 18.0 Å². The first-order valence-corrected chi connectivity index (χ1v) is 9.62. The summed E-state index contributed by atoms with van der Waals surface area (Å²) in [6.07, 6.45) is 0.910. The number of fused-ring (bicyclic) bond motifs is 1. The first-order chi connectivity index (χ1) is 13.2. The molecule has 27 heavy (non-hydrogen) atoms. The number of nitrogens with one attached hydrogen (secondary N) is 1. The van der Waals surface area contributed by atoms with Gasteiger partial charge in [-0.3, -0.25) is 14.7 Å². The van der Waals surface area contributed by atoms with E-state index >= 15 is 0 Å². The van der Waals surface area contributed by atoms with Crippen molar-refractivity contribution < 1.29 is 4.79 Å². The summed E-state index contributed by atoms with van der Waals surface area (Å²) >= 11 is 0. The average molecular weight is 359 g/mol. The maximum absolute atomic E-state index is 13.4. The fourth-order valence-corrected chi connectivity index (χ4v) is 3.93. The zero-order valence-electron chi connectivity index (χ0n) is 15.9. The summed E-state index contributed by atoms with van der Waals surface area (Å²) in [7, 11) is 0. The van der Waals surface area contributed by atoms with E-state index in [1.165, 1.54) is 0 Å². The van der Waals surface area contributed by atoms with Gasteiger partial charge in [-0.25, -0.2) is 0 Å². The topological polar surface area (TPSA) is 44.7 Å². The van der Waals surface area contributed by atoms with E-state index in [0.717, 1.165) is 35.5 Å². The molecule has 4 nitrogen and oxygen atoms in total. The zero-order valence-corrected chi connectivity index (χ0v) is 15.9. The van der Waals surface area contributed by atoms with E-state index < -0.39 is 0 Å². The molecule has 2 aromatic rings. The Morgan fingerprint density at radius 3 is 2.41 bits per heavy atom. The molecule has 138 valence electrons. The van der Waals surface area contributed by atoms with Gasteiger partial charge in [0, 0.05) is 23.5 Å². The minimum Gasteiger partial charge on any atom is -0.386 e. The van der Waals surface area contributed by atoms with Gasteiger partial charge in [-0.15, -0.1) is 0 Å². The molecule has 1 saturated heterocycles. The first-order valence-electron chi connectivity index (χ1n) is 9.62. The molecule has 4 rings (SSSR count). The number of allylic oxidation sites excluding steroid dienone is 1. The molecule has 2 aliphatic heterocycles. The number of para-hydroxylation sites is 1. The lowest BCUT2D eigenvalue weighted by Crippen LogP contribution is -2.30. The monoisotopic (exact) mass is 359 g/mol. The van der Waals surface area contributed by atoms with E-state index in [0.29, 0.717) is 18.2 Å². The summed E-state index contributed by atoms with van der Waals surface area (Å²) in [5.41, 5.74) is 4.83. The number of carbonyl (C=O) groups excluding carboxylic acids is 1. The van der Waals surface area contributed by atoms with E-state index in [4.69, 9.17) is 0 Å². The third kappa shape index (κ3) is 3.27. The maximum atomic E-state index is 13.4. The van der Waals surface area contributed by atoms with Gasteiger partial charge in [0.15, 0.2) is 0 Å². The molecule has 1 fully saturated rings. The van der Waals surface area contributed by atoms with Gasteiger partial charge in [0.25, 0.3) is 5.91 Å². The van der Waals surface area contributed by atoms with Gasteiger partial charge in [0.2, 0.25) is 0 Å². The number of aliphatic imine (C=N–C) groups is 1. The second-order valence-corrected chi connectivity index (χ2v) is 7.47. The van der Waals surface area contributed by atoms with Crippen LogP contribution in [0.15, 0.2) is 76.9 Å². The third-order valence-electron chi connectivity index (χ3n) is 5.02. The third-order valence-corrected chi connectivity index (χ3v) is 5.02. The van der Waals surface area contributed by atoms with Crippen LogP contribution in [0.1, 0.15) is 31.9 Å². The van der Waals surface area contributed by atoms with Crippen molar-refractivity contribution in [3.8, 4) is 0 Å². The Morgan fingerprint density at radius 1 is 1.07 bits per heavy atom. The van der Waals surface area contributed by atoms with E-state index in [1.807, 2.05) is 53.4 Å². The lowest BCUT2D eigenvalue weighted by Gasteiger charge is -2.27. The standard InChI is InChI=1S/C23H25N3O/c1-16(2)15-19-20-21(25-14-13-24-19)23(27)26(18-11-7-4-8-12-18)22(20)17-9-5-3-6-10-17/h3-12,16,22,24H,13-15H2,1-2H3. The fraction of sp³-hybridized carbons (Fsp3) is 0.304. The summed E-state index contributed by atoms with van der Waals surface area (Å²) in [4.78, 5) is 20.0. The highest BCUT2D eigenvalue weighted by Gasteiger charge is 2.44. The molecule has 1 unspecified atom stereocenters. The molecule has 0 radical (unpaired) electrons. The lowest BCUT2D eigenvalue weighted by molar-refractivity contribution is -0.112. The second kappa shape index (κ2) is 7.39. The normalized spacial score (nSPS) is 19.7. The lowest BCUT2D eigenvalue weighted by atomic mass is 9.93. The van der Waals surface area contributed by atoms with Crippen LogP contribution in [0.2, 0.25) is 0 Å². The molecule has 2 aliphatic rings.